The fourth-order valence-electron chi connectivity index (χ4n) is 3.21. The lowest BCUT2D eigenvalue weighted by molar-refractivity contribution is -0.123. The molecule has 1 aliphatic heterocycles. The Morgan fingerprint density at radius 3 is 2.38 bits per heavy atom. The zero-order valence-electron chi connectivity index (χ0n) is 11.5. The summed E-state index contributed by atoms with van der Waals surface area (Å²) in [4.78, 5) is 14.6. The molecule has 3 atom stereocenters. The van der Waals surface area contributed by atoms with Gasteiger partial charge in [-0.25, -0.2) is 0 Å². The molecule has 1 fully saturated rings. The Morgan fingerprint density at radius 1 is 1.31 bits per heavy atom. The monoisotopic (exact) mass is 225 g/mol. The van der Waals surface area contributed by atoms with Gasteiger partial charge in [-0.2, -0.15) is 0 Å². The SMILES string of the molecule is CCC1CC(CC)N(C(C)C)C(C)CC1=O. The van der Waals surface area contributed by atoms with E-state index in [1.807, 2.05) is 0 Å². The molecule has 94 valence electrons. The van der Waals surface area contributed by atoms with Crippen LogP contribution >= 0.6 is 0 Å². The van der Waals surface area contributed by atoms with Crippen LogP contribution in [-0.4, -0.2) is 28.8 Å². The summed E-state index contributed by atoms with van der Waals surface area (Å²) in [6.07, 6.45) is 3.97. The molecule has 1 heterocycles. The Hall–Kier alpha value is -0.370. The Morgan fingerprint density at radius 2 is 1.94 bits per heavy atom. The van der Waals surface area contributed by atoms with E-state index in [1.54, 1.807) is 0 Å². The molecule has 1 rings (SSSR count). The van der Waals surface area contributed by atoms with Crippen molar-refractivity contribution in [3.63, 3.8) is 0 Å². The molecular formula is C14H27NO. The molecule has 0 spiro atoms. The van der Waals surface area contributed by atoms with Crippen molar-refractivity contribution in [1.29, 1.82) is 0 Å². The highest BCUT2D eigenvalue weighted by Crippen LogP contribution is 2.29. The first-order chi connectivity index (χ1) is 7.51. The number of likely N-dealkylation sites (tertiary alicyclic amines) is 1. The quantitative estimate of drug-likeness (QED) is 0.735. The molecule has 3 unspecified atom stereocenters. The minimum Gasteiger partial charge on any atom is -0.299 e. The molecule has 0 N–H and O–H groups in total. The summed E-state index contributed by atoms with van der Waals surface area (Å²) in [6, 6.07) is 1.55. The number of hydrogen-bond acceptors (Lipinski definition) is 2. The molecule has 16 heavy (non-hydrogen) atoms. The van der Waals surface area contributed by atoms with E-state index in [0.29, 0.717) is 29.8 Å². The largest absolute Gasteiger partial charge is 0.299 e. The zero-order valence-corrected chi connectivity index (χ0v) is 11.5. The minimum atomic E-state index is 0.302. The lowest BCUT2D eigenvalue weighted by atomic mass is 9.92. The van der Waals surface area contributed by atoms with Gasteiger partial charge in [0.1, 0.15) is 5.78 Å². The third-order valence-electron chi connectivity index (χ3n) is 4.00. The molecule has 2 heteroatoms. The Labute approximate surface area is 100 Å². The number of Topliss-reactive ketones (excluding diaryl/α,β-unsaturated/α-hetero) is 1. The number of nitrogens with zero attached hydrogens (tertiary/aromatic N) is 1. The predicted molar refractivity (Wildman–Crippen MR) is 68.5 cm³/mol. The first-order valence-corrected chi connectivity index (χ1v) is 6.81. The van der Waals surface area contributed by atoms with E-state index in [-0.39, 0.29) is 0 Å². The van der Waals surface area contributed by atoms with Crippen LogP contribution in [0.2, 0.25) is 0 Å². The van der Waals surface area contributed by atoms with E-state index in [2.05, 4.69) is 39.5 Å². The van der Waals surface area contributed by atoms with Crippen LogP contribution in [-0.2, 0) is 4.79 Å². The maximum atomic E-state index is 12.1. The second-order valence-electron chi connectivity index (χ2n) is 5.46. The van der Waals surface area contributed by atoms with Crippen molar-refractivity contribution in [2.24, 2.45) is 5.92 Å². The van der Waals surface area contributed by atoms with Gasteiger partial charge in [-0.15, -0.1) is 0 Å². The molecule has 0 aromatic carbocycles. The lowest BCUT2D eigenvalue weighted by Crippen LogP contribution is -2.45. The molecule has 0 saturated carbocycles. The van der Waals surface area contributed by atoms with E-state index in [4.69, 9.17) is 0 Å². The first-order valence-electron chi connectivity index (χ1n) is 6.81. The predicted octanol–water partition coefficient (Wildman–Crippen LogP) is 3.25. The third-order valence-corrected chi connectivity index (χ3v) is 4.00. The van der Waals surface area contributed by atoms with Gasteiger partial charge in [-0.05, 0) is 40.0 Å². The van der Waals surface area contributed by atoms with Crippen LogP contribution in [0.15, 0.2) is 0 Å². The average Bonchev–Trinajstić information content (AvgIpc) is 2.33. The van der Waals surface area contributed by atoms with Gasteiger partial charge >= 0.3 is 0 Å². The Bertz CT molecular complexity index is 237. The normalized spacial score (nSPS) is 33.1. The van der Waals surface area contributed by atoms with E-state index >= 15 is 0 Å². The van der Waals surface area contributed by atoms with Crippen molar-refractivity contribution in [3.05, 3.63) is 0 Å². The smallest absolute Gasteiger partial charge is 0.137 e. The molecule has 0 aliphatic carbocycles. The van der Waals surface area contributed by atoms with Crippen LogP contribution in [0, 0.1) is 5.92 Å². The number of ketones is 1. The number of rotatable bonds is 3. The van der Waals surface area contributed by atoms with Crippen LogP contribution in [0.1, 0.15) is 60.3 Å². The third kappa shape index (κ3) is 2.85. The van der Waals surface area contributed by atoms with Crippen LogP contribution in [0.3, 0.4) is 0 Å². The van der Waals surface area contributed by atoms with Crippen molar-refractivity contribution in [3.8, 4) is 0 Å². The second kappa shape index (κ2) is 5.81. The summed E-state index contributed by atoms with van der Waals surface area (Å²) in [5.74, 6) is 0.785. The highest BCUT2D eigenvalue weighted by molar-refractivity contribution is 5.81. The first kappa shape index (κ1) is 13.7. The summed E-state index contributed by atoms with van der Waals surface area (Å²) in [5, 5.41) is 0. The van der Waals surface area contributed by atoms with Gasteiger partial charge in [0.25, 0.3) is 0 Å². The molecule has 0 bridgehead atoms. The van der Waals surface area contributed by atoms with E-state index < -0.39 is 0 Å². The van der Waals surface area contributed by atoms with Crippen molar-refractivity contribution in [2.75, 3.05) is 0 Å². The van der Waals surface area contributed by atoms with Crippen molar-refractivity contribution in [2.45, 2.75) is 78.4 Å². The summed E-state index contributed by atoms with van der Waals surface area (Å²) >= 11 is 0. The van der Waals surface area contributed by atoms with Crippen molar-refractivity contribution < 1.29 is 4.79 Å². The Kier molecular flexibility index (Phi) is 4.97. The van der Waals surface area contributed by atoms with Crippen molar-refractivity contribution in [1.82, 2.24) is 4.90 Å². The molecule has 2 nitrogen and oxygen atoms in total. The number of hydrogen-bond donors (Lipinski definition) is 0. The number of carbonyl (C=O) groups excluding carboxylic acids is 1. The maximum absolute atomic E-state index is 12.1. The molecule has 0 radical (unpaired) electrons. The maximum Gasteiger partial charge on any atom is 0.137 e. The second-order valence-corrected chi connectivity index (χ2v) is 5.46. The topological polar surface area (TPSA) is 20.3 Å². The van der Waals surface area contributed by atoms with E-state index in [0.717, 1.165) is 25.7 Å². The minimum absolute atomic E-state index is 0.302. The standard InChI is InChI=1S/C14H27NO/c1-6-12-9-13(7-2)15(10(3)4)11(5)8-14(12)16/h10-13H,6-9H2,1-5H3. The van der Waals surface area contributed by atoms with Crippen LogP contribution in [0.5, 0.6) is 0 Å². The van der Waals surface area contributed by atoms with Gasteiger partial charge < -0.3 is 0 Å². The molecule has 0 aromatic rings. The van der Waals surface area contributed by atoms with Gasteiger partial charge in [0, 0.05) is 30.5 Å². The van der Waals surface area contributed by atoms with Gasteiger partial charge in [-0.1, -0.05) is 13.8 Å². The van der Waals surface area contributed by atoms with Gasteiger partial charge in [0.2, 0.25) is 0 Å². The fraction of sp³-hybridized carbons (Fsp3) is 0.929. The summed E-state index contributed by atoms with van der Waals surface area (Å²) in [5.41, 5.74) is 0. The number of carbonyl (C=O) groups is 1. The average molecular weight is 225 g/mol. The van der Waals surface area contributed by atoms with Gasteiger partial charge in [-0.3, -0.25) is 9.69 Å². The van der Waals surface area contributed by atoms with Crippen LogP contribution < -0.4 is 0 Å². The Balaban J connectivity index is 2.89. The molecular weight excluding hydrogens is 198 g/mol. The highest BCUT2D eigenvalue weighted by atomic mass is 16.1. The summed E-state index contributed by atoms with van der Waals surface area (Å²) < 4.78 is 0. The van der Waals surface area contributed by atoms with Gasteiger partial charge in [0.05, 0.1) is 0 Å². The van der Waals surface area contributed by atoms with Crippen LogP contribution in [0.25, 0.3) is 0 Å². The fourth-order valence-corrected chi connectivity index (χ4v) is 3.21. The van der Waals surface area contributed by atoms with Gasteiger partial charge in [0.15, 0.2) is 0 Å². The van der Waals surface area contributed by atoms with Crippen LogP contribution in [0.4, 0.5) is 0 Å². The zero-order chi connectivity index (χ0) is 12.3. The highest BCUT2D eigenvalue weighted by Gasteiger charge is 2.34. The summed E-state index contributed by atoms with van der Waals surface area (Å²) in [7, 11) is 0. The van der Waals surface area contributed by atoms with E-state index in [1.165, 1.54) is 0 Å². The molecule has 1 saturated heterocycles. The molecule has 0 aromatic heterocycles. The molecule has 0 amide bonds. The summed E-state index contributed by atoms with van der Waals surface area (Å²) in [6.45, 7) is 11.1. The molecule has 1 aliphatic rings. The van der Waals surface area contributed by atoms with E-state index in [9.17, 15) is 4.79 Å². The van der Waals surface area contributed by atoms with Crippen molar-refractivity contribution >= 4 is 5.78 Å². The lowest BCUT2D eigenvalue weighted by Gasteiger charge is -2.37.